The molecule has 0 bridgehead atoms. The fourth-order valence-corrected chi connectivity index (χ4v) is 3.28. The summed E-state index contributed by atoms with van der Waals surface area (Å²) < 4.78 is 27.8. The second kappa shape index (κ2) is 6.55. The van der Waals surface area contributed by atoms with Gasteiger partial charge in [-0.05, 0) is 30.5 Å². The van der Waals surface area contributed by atoms with Gasteiger partial charge >= 0.3 is 0 Å². The van der Waals surface area contributed by atoms with Crippen molar-refractivity contribution >= 4 is 5.69 Å². The number of benzene rings is 2. The molecule has 3 rings (SSSR count). The minimum absolute atomic E-state index is 0.131. The van der Waals surface area contributed by atoms with Gasteiger partial charge in [0.2, 0.25) is 6.04 Å². The van der Waals surface area contributed by atoms with E-state index >= 15 is 0 Å². The predicted octanol–water partition coefficient (Wildman–Crippen LogP) is 3.74. The third-order valence-corrected chi connectivity index (χ3v) is 4.54. The highest BCUT2D eigenvalue weighted by atomic mass is 19.1. The molecule has 0 aliphatic carbocycles. The van der Waals surface area contributed by atoms with Crippen LogP contribution in [-0.4, -0.2) is 23.6 Å². The monoisotopic (exact) mass is 332 g/mol. The lowest BCUT2D eigenvalue weighted by Gasteiger charge is -2.27. The van der Waals surface area contributed by atoms with Crippen molar-refractivity contribution in [2.24, 2.45) is 0 Å². The summed E-state index contributed by atoms with van der Waals surface area (Å²) in [5.74, 6) is -1.29. The van der Waals surface area contributed by atoms with Crippen molar-refractivity contribution in [2.45, 2.75) is 31.8 Å². The van der Waals surface area contributed by atoms with Gasteiger partial charge in [-0.3, -0.25) is 10.1 Å². The maximum absolute atomic E-state index is 14.3. The highest BCUT2D eigenvalue weighted by Crippen LogP contribution is 2.32. The van der Waals surface area contributed by atoms with E-state index in [1.165, 1.54) is 6.07 Å². The lowest BCUT2D eigenvalue weighted by Crippen LogP contribution is -2.32. The highest BCUT2D eigenvalue weighted by Gasteiger charge is 2.40. The molecular formula is C18H18F2N2O2. The molecule has 1 aliphatic heterocycles. The van der Waals surface area contributed by atoms with Gasteiger partial charge in [-0.2, -0.15) is 0 Å². The number of halogens is 2. The Morgan fingerprint density at radius 2 is 1.92 bits per heavy atom. The van der Waals surface area contributed by atoms with E-state index in [1.54, 1.807) is 11.8 Å². The van der Waals surface area contributed by atoms with E-state index in [9.17, 15) is 18.9 Å². The average Bonchev–Trinajstić information content (AvgIpc) is 2.96. The molecule has 24 heavy (non-hydrogen) atoms. The number of nitrogens with zero attached hydrogens (tertiary/aromatic N) is 2. The van der Waals surface area contributed by atoms with E-state index in [0.717, 1.165) is 11.6 Å². The number of nitro groups is 1. The normalized spacial score (nSPS) is 20.4. The topological polar surface area (TPSA) is 46.4 Å². The Morgan fingerprint density at radius 3 is 2.58 bits per heavy atom. The molecule has 1 heterocycles. The average molecular weight is 332 g/mol. The molecule has 0 radical (unpaired) electrons. The summed E-state index contributed by atoms with van der Waals surface area (Å²) in [5, 5.41) is 11.2. The predicted molar refractivity (Wildman–Crippen MR) is 87.8 cm³/mol. The zero-order valence-corrected chi connectivity index (χ0v) is 13.3. The van der Waals surface area contributed by atoms with Crippen molar-refractivity contribution in [1.82, 2.24) is 0 Å². The summed E-state index contributed by atoms with van der Waals surface area (Å²) in [6.45, 7) is 1.69. The van der Waals surface area contributed by atoms with Crippen molar-refractivity contribution < 1.29 is 13.7 Å². The zero-order chi connectivity index (χ0) is 17.3. The molecule has 0 saturated carbocycles. The Bertz CT molecular complexity index is 752. The maximum atomic E-state index is 14.3. The van der Waals surface area contributed by atoms with Crippen LogP contribution in [0, 0.1) is 28.7 Å². The first-order valence-corrected chi connectivity index (χ1v) is 7.85. The molecule has 4 nitrogen and oxygen atoms in total. The maximum Gasteiger partial charge on any atom is 0.232 e. The molecule has 6 heteroatoms. The van der Waals surface area contributed by atoms with Crippen molar-refractivity contribution in [1.29, 1.82) is 0 Å². The molecule has 0 amide bonds. The molecule has 0 aromatic heterocycles. The molecule has 1 saturated heterocycles. The quantitative estimate of drug-likeness (QED) is 0.633. The van der Waals surface area contributed by atoms with Crippen molar-refractivity contribution in [3.8, 4) is 0 Å². The van der Waals surface area contributed by atoms with Gasteiger partial charge in [0.15, 0.2) is 0 Å². The van der Waals surface area contributed by atoms with Gasteiger partial charge in [-0.15, -0.1) is 0 Å². The smallest absolute Gasteiger partial charge is 0.232 e. The molecule has 0 unspecified atom stereocenters. The van der Waals surface area contributed by atoms with E-state index in [4.69, 9.17) is 0 Å². The second-order valence-corrected chi connectivity index (χ2v) is 6.22. The minimum atomic E-state index is -0.747. The van der Waals surface area contributed by atoms with Crippen LogP contribution in [0.3, 0.4) is 0 Å². The van der Waals surface area contributed by atoms with E-state index in [2.05, 4.69) is 0 Å². The number of hydrogen-bond acceptors (Lipinski definition) is 3. The second-order valence-electron chi connectivity index (χ2n) is 6.22. The summed E-state index contributed by atoms with van der Waals surface area (Å²) in [4.78, 5) is 12.6. The summed E-state index contributed by atoms with van der Waals surface area (Å²) in [7, 11) is 0. The molecule has 2 atom stereocenters. The first-order chi connectivity index (χ1) is 11.5. The number of hydrogen-bond donors (Lipinski definition) is 0. The molecule has 2 aromatic carbocycles. The van der Waals surface area contributed by atoms with Gasteiger partial charge in [-0.25, -0.2) is 8.78 Å². The van der Waals surface area contributed by atoms with Gasteiger partial charge in [0.1, 0.15) is 11.6 Å². The molecule has 2 aromatic rings. The van der Waals surface area contributed by atoms with Crippen molar-refractivity contribution in [2.75, 3.05) is 11.4 Å². The van der Waals surface area contributed by atoms with Gasteiger partial charge in [0.05, 0.1) is 12.2 Å². The molecular weight excluding hydrogens is 314 g/mol. The van der Waals surface area contributed by atoms with Gasteiger partial charge in [0, 0.05) is 23.5 Å². The standard InChI is InChI=1S/C18H18F2N2O2/c1-12-7-18(17(20)10-16(12)19)21-11-15(22(23)24)9-14(21)8-13-5-3-2-4-6-13/h2-7,10,14-15H,8-9,11H2,1H3/t14-,15-/m1/s1. The van der Waals surface area contributed by atoms with E-state index in [1.807, 2.05) is 30.3 Å². The van der Waals surface area contributed by atoms with E-state index < -0.39 is 17.7 Å². The van der Waals surface area contributed by atoms with Gasteiger partial charge < -0.3 is 4.90 Å². The summed E-state index contributed by atoms with van der Waals surface area (Å²) in [5.41, 5.74) is 1.60. The van der Waals surface area contributed by atoms with Crippen LogP contribution in [0.2, 0.25) is 0 Å². The SMILES string of the molecule is Cc1cc(N2C[C@H]([N+](=O)[O-])C[C@H]2Cc2ccccc2)c(F)cc1F. The highest BCUT2D eigenvalue weighted by molar-refractivity contribution is 5.52. The molecule has 0 spiro atoms. The lowest BCUT2D eigenvalue weighted by atomic mass is 10.0. The van der Waals surface area contributed by atoms with Crippen LogP contribution < -0.4 is 4.90 Å². The molecule has 0 N–H and O–H groups in total. The van der Waals surface area contributed by atoms with Crippen LogP contribution in [0.25, 0.3) is 0 Å². The summed E-state index contributed by atoms with van der Waals surface area (Å²) >= 11 is 0. The van der Waals surface area contributed by atoms with Crippen molar-refractivity contribution in [3.05, 3.63) is 75.3 Å². The van der Waals surface area contributed by atoms with Crippen LogP contribution in [0.1, 0.15) is 17.5 Å². The number of rotatable bonds is 4. The Hall–Kier alpha value is -2.50. The fourth-order valence-electron chi connectivity index (χ4n) is 3.28. The first-order valence-electron chi connectivity index (χ1n) is 7.85. The summed E-state index contributed by atoms with van der Waals surface area (Å²) in [6.07, 6.45) is 0.929. The van der Waals surface area contributed by atoms with E-state index in [0.29, 0.717) is 18.4 Å². The van der Waals surface area contributed by atoms with Gasteiger partial charge in [-0.1, -0.05) is 30.3 Å². The Morgan fingerprint density at radius 1 is 1.21 bits per heavy atom. The number of anilines is 1. The van der Waals surface area contributed by atoms with Crippen LogP contribution in [0.15, 0.2) is 42.5 Å². The minimum Gasteiger partial charge on any atom is -0.359 e. The third kappa shape index (κ3) is 3.22. The number of aryl methyl sites for hydroxylation is 1. The Balaban J connectivity index is 1.93. The lowest BCUT2D eigenvalue weighted by molar-refractivity contribution is -0.517. The summed E-state index contributed by atoms with van der Waals surface area (Å²) in [6, 6.07) is 11.0. The van der Waals surface area contributed by atoms with Crippen molar-refractivity contribution in [3.63, 3.8) is 0 Å². The van der Waals surface area contributed by atoms with E-state index in [-0.39, 0.29) is 23.2 Å². The van der Waals surface area contributed by atoms with Crippen LogP contribution in [0.4, 0.5) is 14.5 Å². The zero-order valence-electron chi connectivity index (χ0n) is 13.3. The molecule has 1 fully saturated rings. The first kappa shape index (κ1) is 16.4. The van der Waals surface area contributed by atoms with Crippen LogP contribution in [-0.2, 0) is 6.42 Å². The molecule has 126 valence electrons. The Kier molecular flexibility index (Phi) is 4.46. The van der Waals surface area contributed by atoms with Crippen LogP contribution >= 0.6 is 0 Å². The molecule has 1 aliphatic rings. The van der Waals surface area contributed by atoms with Gasteiger partial charge in [0.25, 0.3) is 0 Å². The Labute approximate surface area is 138 Å². The third-order valence-electron chi connectivity index (χ3n) is 4.54. The van der Waals surface area contributed by atoms with Crippen LogP contribution in [0.5, 0.6) is 0 Å². The fraction of sp³-hybridized carbons (Fsp3) is 0.333. The largest absolute Gasteiger partial charge is 0.359 e.